The molecule has 0 fully saturated rings. The largest absolute Gasteiger partial charge is 0.219 e. The Morgan fingerprint density at radius 3 is 2.81 bits per heavy atom. The minimum absolute atomic E-state index is 0.160. The molecule has 0 saturated heterocycles. The Balaban J connectivity index is 2.33. The van der Waals surface area contributed by atoms with Crippen molar-refractivity contribution in [3.63, 3.8) is 0 Å². The van der Waals surface area contributed by atoms with Crippen LogP contribution in [-0.2, 0) is 16.6 Å². The van der Waals surface area contributed by atoms with E-state index in [4.69, 9.17) is 0 Å². The molecule has 1 aromatic heterocycles. The fourth-order valence-corrected chi connectivity index (χ4v) is 2.45. The van der Waals surface area contributed by atoms with Gasteiger partial charge in [0.25, 0.3) is 0 Å². The summed E-state index contributed by atoms with van der Waals surface area (Å²) in [6.07, 6.45) is 1.52. The van der Waals surface area contributed by atoms with Gasteiger partial charge in [-0.1, -0.05) is 13.3 Å². The number of aromatic nitrogens is 4. The van der Waals surface area contributed by atoms with E-state index in [-0.39, 0.29) is 12.3 Å². The van der Waals surface area contributed by atoms with Crippen LogP contribution in [0.2, 0.25) is 0 Å². The molecule has 1 N–H and O–H groups in total. The molecule has 0 saturated carbocycles. The fraction of sp³-hybridized carbons (Fsp3) is 0.857. The second kappa shape index (κ2) is 6.16. The molecule has 0 atom stereocenters. The second-order valence-corrected chi connectivity index (χ2v) is 5.60. The van der Waals surface area contributed by atoms with E-state index >= 15 is 0 Å². The first-order valence-electron chi connectivity index (χ1n) is 4.97. The van der Waals surface area contributed by atoms with Crippen molar-refractivity contribution in [3.8, 4) is 0 Å². The number of rotatable bonds is 7. The zero-order valence-electron chi connectivity index (χ0n) is 9.00. The first-order chi connectivity index (χ1) is 7.55. The first kappa shape index (κ1) is 13.4. The average molecular weight is 265 g/mol. The number of unbranched alkanes of at least 4 members (excludes halogenated alkanes) is 1. The lowest BCUT2D eigenvalue weighted by Gasteiger charge is -2.05. The quantitative estimate of drug-likeness (QED) is 0.660. The minimum Gasteiger partial charge on any atom is -0.219 e. The van der Waals surface area contributed by atoms with E-state index in [2.05, 4.69) is 32.9 Å². The lowest BCUT2D eigenvalue weighted by molar-refractivity contribution is 0.529. The van der Waals surface area contributed by atoms with Crippen LogP contribution in [0, 0.1) is 0 Å². The van der Waals surface area contributed by atoms with E-state index < -0.39 is 10.0 Å². The molecule has 92 valence electrons. The van der Waals surface area contributed by atoms with Crippen molar-refractivity contribution in [1.82, 2.24) is 24.9 Å². The van der Waals surface area contributed by atoms with Gasteiger partial charge >= 0.3 is 0 Å². The fourth-order valence-electron chi connectivity index (χ4n) is 1.06. The monoisotopic (exact) mass is 265 g/mol. The number of tetrazole rings is 1. The van der Waals surface area contributed by atoms with Crippen molar-refractivity contribution >= 4 is 22.7 Å². The SMILES string of the molecule is CCCCS(=O)(=O)NCCn1nnnc1S. The van der Waals surface area contributed by atoms with Gasteiger partial charge in [-0.05, 0) is 16.8 Å². The lowest BCUT2D eigenvalue weighted by atomic mass is 10.4. The molecule has 16 heavy (non-hydrogen) atoms. The van der Waals surface area contributed by atoms with Gasteiger partial charge in [0, 0.05) is 6.54 Å². The summed E-state index contributed by atoms with van der Waals surface area (Å²) in [5, 5.41) is 11.0. The van der Waals surface area contributed by atoms with Crippen LogP contribution in [0.1, 0.15) is 19.8 Å². The molecule has 0 aliphatic heterocycles. The summed E-state index contributed by atoms with van der Waals surface area (Å²) in [7, 11) is -3.17. The van der Waals surface area contributed by atoms with Crippen LogP contribution < -0.4 is 4.72 Å². The van der Waals surface area contributed by atoms with Crippen LogP contribution in [0.25, 0.3) is 0 Å². The number of hydrogen-bond donors (Lipinski definition) is 2. The maximum absolute atomic E-state index is 11.4. The summed E-state index contributed by atoms with van der Waals surface area (Å²) >= 11 is 4.00. The molecule has 0 radical (unpaired) electrons. The highest BCUT2D eigenvalue weighted by molar-refractivity contribution is 7.89. The molecular formula is C7H15N5O2S2. The first-order valence-corrected chi connectivity index (χ1v) is 7.07. The zero-order valence-corrected chi connectivity index (χ0v) is 10.7. The summed E-state index contributed by atoms with van der Waals surface area (Å²) in [6, 6.07) is 0. The summed E-state index contributed by atoms with van der Waals surface area (Å²) in [6.45, 7) is 2.59. The molecule has 1 aromatic rings. The minimum atomic E-state index is -3.17. The van der Waals surface area contributed by atoms with Gasteiger partial charge in [-0.25, -0.2) is 17.8 Å². The van der Waals surface area contributed by atoms with Gasteiger partial charge in [0.1, 0.15) is 0 Å². The molecule has 0 aliphatic carbocycles. The number of sulfonamides is 1. The Morgan fingerprint density at radius 1 is 1.50 bits per heavy atom. The predicted octanol–water partition coefficient (Wildman–Crippen LogP) is -0.319. The molecular weight excluding hydrogens is 250 g/mol. The molecule has 1 rings (SSSR count). The number of nitrogens with one attached hydrogen (secondary N) is 1. The zero-order chi connectivity index (χ0) is 12.0. The molecule has 9 heteroatoms. The van der Waals surface area contributed by atoms with E-state index in [1.807, 2.05) is 6.92 Å². The Morgan fingerprint density at radius 2 is 2.25 bits per heavy atom. The predicted molar refractivity (Wildman–Crippen MR) is 61.8 cm³/mol. The molecule has 7 nitrogen and oxygen atoms in total. The van der Waals surface area contributed by atoms with E-state index in [1.165, 1.54) is 4.68 Å². The van der Waals surface area contributed by atoms with E-state index in [9.17, 15) is 8.42 Å². The van der Waals surface area contributed by atoms with Gasteiger partial charge in [0.2, 0.25) is 15.2 Å². The van der Waals surface area contributed by atoms with Crippen LogP contribution in [0.5, 0.6) is 0 Å². The Hall–Kier alpha value is -0.670. The summed E-state index contributed by atoms with van der Waals surface area (Å²) in [5.74, 6) is 0.160. The van der Waals surface area contributed by atoms with Crippen molar-refractivity contribution in [2.45, 2.75) is 31.5 Å². The van der Waals surface area contributed by atoms with Crippen molar-refractivity contribution in [2.24, 2.45) is 0 Å². The third kappa shape index (κ3) is 4.45. The lowest BCUT2D eigenvalue weighted by Crippen LogP contribution is -2.29. The highest BCUT2D eigenvalue weighted by atomic mass is 32.2. The third-order valence-corrected chi connectivity index (χ3v) is 3.72. The average Bonchev–Trinajstić information content (AvgIpc) is 2.62. The van der Waals surface area contributed by atoms with Gasteiger partial charge in [-0.2, -0.15) is 0 Å². The maximum atomic E-state index is 11.4. The van der Waals surface area contributed by atoms with Crippen molar-refractivity contribution in [2.75, 3.05) is 12.3 Å². The van der Waals surface area contributed by atoms with E-state index in [0.29, 0.717) is 18.1 Å². The second-order valence-electron chi connectivity index (χ2n) is 3.27. The smallest absolute Gasteiger partial charge is 0.211 e. The standard InChI is InChI=1S/C7H15N5O2S2/c1-2-3-6-16(13,14)8-4-5-12-7(15)9-10-11-12/h8H,2-6H2,1H3,(H,9,11,15). The number of thiol groups is 1. The molecule has 0 unspecified atom stereocenters. The number of nitrogens with zero attached hydrogens (tertiary/aromatic N) is 4. The maximum Gasteiger partial charge on any atom is 0.211 e. The van der Waals surface area contributed by atoms with Crippen LogP contribution in [-0.4, -0.2) is 40.9 Å². The Labute approximate surface area is 100 Å². The normalized spacial score (nSPS) is 11.9. The van der Waals surface area contributed by atoms with Gasteiger partial charge in [-0.3, -0.25) is 0 Å². The molecule has 0 aromatic carbocycles. The van der Waals surface area contributed by atoms with Gasteiger partial charge in [-0.15, -0.1) is 17.7 Å². The van der Waals surface area contributed by atoms with E-state index in [1.54, 1.807) is 0 Å². The van der Waals surface area contributed by atoms with Crippen LogP contribution in [0.4, 0.5) is 0 Å². The third-order valence-electron chi connectivity index (χ3n) is 1.93. The summed E-state index contributed by atoms with van der Waals surface area (Å²) in [5.41, 5.74) is 0. The Kier molecular flexibility index (Phi) is 5.16. The van der Waals surface area contributed by atoms with Crippen LogP contribution in [0.3, 0.4) is 0 Å². The van der Waals surface area contributed by atoms with Crippen molar-refractivity contribution in [1.29, 1.82) is 0 Å². The number of hydrogen-bond acceptors (Lipinski definition) is 6. The van der Waals surface area contributed by atoms with Gasteiger partial charge in [0.05, 0.1) is 12.3 Å². The molecule has 1 heterocycles. The highest BCUT2D eigenvalue weighted by Gasteiger charge is 2.09. The molecule has 0 amide bonds. The topological polar surface area (TPSA) is 89.8 Å². The van der Waals surface area contributed by atoms with Gasteiger partial charge < -0.3 is 0 Å². The summed E-state index contributed by atoms with van der Waals surface area (Å²) < 4.78 is 26.7. The highest BCUT2D eigenvalue weighted by Crippen LogP contribution is 1.97. The molecule has 0 aliphatic rings. The van der Waals surface area contributed by atoms with Gasteiger partial charge in [0.15, 0.2) is 0 Å². The van der Waals surface area contributed by atoms with E-state index in [0.717, 1.165) is 6.42 Å². The molecule has 0 spiro atoms. The molecule has 0 bridgehead atoms. The van der Waals surface area contributed by atoms with Crippen molar-refractivity contribution in [3.05, 3.63) is 0 Å². The van der Waals surface area contributed by atoms with Crippen molar-refractivity contribution < 1.29 is 8.42 Å². The Bertz CT molecular complexity index is 416. The summed E-state index contributed by atoms with van der Waals surface area (Å²) in [4.78, 5) is 0. The van der Waals surface area contributed by atoms with Crippen LogP contribution in [0.15, 0.2) is 5.16 Å². The van der Waals surface area contributed by atoms with Crippen LogP contribution >= 0.6 is 12.6 Å².